The molecule has 1 N–H and O–H groups in total. The van der Waals surface area contributed by atoms with Crippen molar-refractivity contribution in [3.05, 3.63) is 53.3 Å². The maximum Gasteiger partial charge on any atom is 0.422 e. The highest BCUT2D eigenvalue weighted by atomic mass is 19.4. The summed E-state index contributed by atoms with van der Waals surface area (Å²) in [6.45, 7) is 0.642. The van der Waals surface area contributed by atoms with E-state index >= 15 is 4.39 Å². The molecule has 2 aliphatic rings. The van der Waals surface area contributed by atoms with Crippen molar-refractivity contribution in [2.24, 2.45) is 7.05 Å². The van der Waals surface area contributed by atoms with Gasteiger partial charge in [0.15, 0.2) is 6.61 Å². The molecule has 0 saturated heterocycles. The molecule has 3 aromatic rings. The molecule has 0 atom stereocenters. The Morgan fingerprint density at radius 3 is 2.69 bits per heavy atom. The number of pyridine rings is 1. The Morgan fingerprint density at radius 2 is 1.92 bits per heavy atom. The van der Waals surface area contributed by atoms with E-state index in [1.165, 1.54) is 6.07 Å². The van der Waals surface area contributed by atoms with Crippen LogP contribution in [0.5, 0.6) is 5.88 Å². The van der Waals surface area contributed by atoms with Gasteiger partial charge < -0.3 is 15.0 Å². The van der Waals surface area contributed by atoms with E-state index < -0.39 is 18.5 Å². The topological polar surface area (TPSA) is 72.3 Å². The number of hydrogen-bond donors (Lipinski definition) is 1. The molecule has 0 spiro atoms. The number of benzene rings is 1. The zero-order valence-electron chi connectivity index (χ0n) is 21.9. The predicted octanol–water partition coefficient (Wildman–Crippen LogP) is 4.78. The number of hydrogen-bond acceptors (Lipinski definition) is 5. The maximum atomic E-state index is 15.7. The minimum absolute atomic E-state index is 0.0247. The van der Waals surface area contributed by atoms with Gasteiger partial charge in [0.1, 0.15) is 5.67 Å². The third-order valence-electron chi connectivity index (χ3n) is 7.77. The average Bonchev–Trinajstić information content (AvgIpc) is 3.15. The van der Waals surface area contributed by atoms with Gasteiger partial charge in [-0.05, 0) is 56.2 Å². The van der Waals surface area contributed by atoms with Crippen LogP contribution in [0.25, 0.3) is 10.9 Å². The van der Waals surface area contributed by atoms with Gasteiger partial charge in [-0.25, -0.2) is 9.37 Å². The summed E-state index contributed by atoms with van der Waals surface area (Å²) in [5.74, 6) is -0.188. The van der Waals surface area contributed by atoms with E-state index in [9.17, 15) is 18.0 Å². The van der Waals surface area contributed by atoms with Gasteiger partial charge in [-0.2, -0.15) is 18.3 Å². The Balaban J connectivity index is 1.07. The molecule has 39 heavy (non-hydrogen) atoms. The molecule has 1 aromatic carbocycles. The van der Waals surface area contributed by atoms with Gasteiger partial charge >= 0.3 is 6.18 Å². The van der Waals surface area contributed by atoms with Crippen molar-refractivity contribution in [3.63, 3.8) is 0 Å². The summed E-state index contributed by atoms with van der Waals surface area (Å²) in [5, 5.41) is 8.39. The Labute approximate surface area is 224 Å². The molecule has 1 amide bonds. The number of aryl methyl sites for hydroxylation is 1. The van der Waals surface area contributed by atoms with Crippen LogP contribution in [0, 0.1) is 0 Å². The molecule has 7 nitrogen and oxygen atoms in total. The van der Waals surface area contributed by atoms with Crippen molar-refractivity contribution in [3.8, 4) is 5.88 Å². The van der Waals surface area contributed by atoms with E-state index in [-0.39, 0.29) is 17.8 Å². The van der Waals surface area contributed by atoms with Crippen molar-refractivity contribution in [1.82, 2.24) is 25.0 Å². The van der Waals surface area contributed by atoms with Crippen molar-refractivity contribution in [2.75, 3.05) is 26.2 Å². The molecule has 1 aliphatic carbocycles. The molecule has 0 unspecified atom stereocenters. The number of fused-ring (bicyclic) bond motifs is 2. The van der Waals surface area contributed by atoms with Gasteiger partial charge in [0.25, 0.3) is 5.91 Å². The van der Waals surface area contributed by atoms with E-state index in [1.54, 1.807) is 22.9 Å². The van der Waals surface area contributed by atoms with Gasteiger partial charge in [0.05, 0.1) is 5.52 Å². The number of carbonyl (C=O) groups excluding carboxylic acids is 1. The first kappa shape index (κ1) is 27.4. The highest BCUT2D eigenvalue weighted by molar-refractivity contribution is 5.97. The van der Waals surface area contributed by atoms with Crippen LogP contribution in [0.2, 0.25) is 0 Å². The normalized spacial score (nSPS) is 22.3. The lowest BCUT2D eigenvalue weighted by Gasteiger charge is -2.35. The molecule has 5 rings (SSSR count). The number of nitrogens with zero attached hydrogens (tertiary/aromatic N) is 4. The van der Waals surface area contributed by atoms with Gasteiger partial charge in [-0.3, -0.25) is 9.48 Å². The van der Waals surface area contributed by atoms with E-state index in [1.807, 2.05) is 19.3 Å². The molecular weight excluding hydrogens is 514 g/mol. The van der Waals surface area contributed by atoms with E-state index in [0.29, 0.717) is 63.6 Å². The summed E-state index contributed by atoms with van der Waals surface area (Å²) in [4.78, 5) is 19.3. The quantitative estimate of drug-likeness (QED) is 0.431. The Hall–Kier alpha value is -3.21. The lowest BCUT2D eigenvalue weighted by atomic mass is 9.81. The molecule has 1 saturated carbocycles. The van der Waals surface area contributed by atoms with Crippen LogP contribution >= 0.6 is 0 Å². The number of alkyl halides is 4. The number of rotatable bonds is 7. The lowest BCUT2D eigenvalue weighted by molar-refractivity contribution is -0.154. The van der Waals surface area contributed by atoms with Crippen molar-refractivity contribution >= 4 is 16.8 Å². The second kappa shape index (κ2) is 11.1. The number of nitrogens with one attached hydrogen (secondary N) is 1. The Kier molecular flexibility index (Phi) is 7.80. The molecule has 1 aliphatic heterocycles. The van der Waals surface area contributed by atoms with E-state index in [0.717, 1.165) is 28.7 Å². The van der Waals surface area contributed by atoms with Crippen molar-refractivity contribution in [2.45, 2.75) is 62.8 Å². The molecule has 210 valence electrons. The standard InChI is InChI=1S/C28H33F4N5O2/c1-36-17-21-3-2-20(16-24(21)35-36)26(38)33-22-6-10-27(29,11-7-22)12-15-37-13-8-19-4-5-25(34-23(19)9-14-37)39-18-28(30,31)32/h2-5,16-17,22H,6-15,18H2,1H3,(H,33,38)/t22-,27+. The largest absolute Gasteiger partial charge is 0.468 e. The third-order valence-corrected chi connectivity index (χ3v) is 7.77. The number of halogens is 4. The van der Waals surface area contributed by atoms with Crippen LogP contribution in [0.3, 0.4) is 0 Å². The summed E-state index contributed by atoms with van der Waals surface area (Å²) in [7, 11) is 1.84. The van der Waals surface area contributed by atoms with Gasteiger partial charge in [0.2, 0.25) is 5.88 Å². The van der Waals surface area contributed by atoms with Crippen LogP contribution in [-0.4, -0.2) is 69.7 Å². The maximum absolute atomic E-state index is 15.7. The van der Waals surface area contributed by atoms with Crippen LogP contribution in [-0.2, 0) is 19.9 Å². The molecule has 0 bridgehead atoms. The minimum atomic E-state index is -4.41. The summed E-state index contributed by atoms with van der Waals surface area (Å²) in [5.41, 5.74) is 1.77. The minimum Gasteiger partial charge on any atom is -0.468 e. The highest BCUT2D eigenvalue weighted by Gasteiger charge is 2.36. The fraction of sp³-hybridized carbons (Fsp3) is 0.536. The number of amides is 1. The fourth-order valence-electron chi connectivity index (χ4n) is 5.51. The first-order chi connectivity index (χ1) is 18.6. The lowest BCUT2D eigenvalue weighted by Crippen LogP contribution is -2.43. The van der Waals surface area contributed by atoms with Crippen LogP contribution in [0.15, 0.2) is 36.5 Å². The Bertz CT molecular complexity index is 1320. The number of ether oxygens (including phenoxy) is 1. The summed E-state index contributed by atoms with van der Waals surface area (Å²) < 4.78 is 59.5. The molecule has 2 aromatic heterocycles. The van der Waals surface area contributed by atoms with Gasteiger partial charge in [-0.1, -0.05) is 12.1 Å². The second-order valence-electron chi connectivity index (χ2n) is 10.7. The first-order valence-electron chi connectivity index (χ1n) is 13.4. The zero-order valence-corrected chi connectivity index (χ0v) is 21.9. The zero-order chi connectivity index (χ0) is 27.6. The average molecular weight is 548 g/mol. The van der Waals surface area contributed by atoms with Crippen LogP contribution in [0.4, 0.5) is 17.6 Å². The predicted molar refractivity (Wildman–Crippen MR) is 139 cm³/mol. The van der Waals surface area contributed by atoms with E-state index in [4.69, 9.17) is 4.74 Å². The molecule has 11 heteroatoms. The monoisotopic (exact) mass is 547 g/mol. The summed E-state index contributed by atoms with van der Waals surface area (Å²) in [6, 6.07) is 8.63. The van der Waals surface area contributed by atoms with E-state index in [2.05, 4.69) is 20.3 Å². The second-order valence-corrected chi connectivity index (χ2v) is 10.7. The first-order valence-corrected chi connectivity index (χ1v) is 13.4. The molecule has 0 radical (unpaired) electrons. The molecule has 1 fully saturated rings. The van der Waals surface area contributed by atoms with Crippen molar-refractivity contribution in [1.29, 1.82) is 0 Å². The third kappa shape index (κ3) is 7.06. The molecular formula is C28H33F4N5O2. The summed E-state index contributed by atoms with van der Waals surface area (Å²) >= 11 is 0. The smallest absolute Gasteiger partial charge is 0.422 e. The van der Waals surface area contributed by atoms with Crippen LogP contribution in [0.1, 0.15) is 53.7 Å². The van der Waals surface area contributed by atoms with Gasteiger partial charge in [0, 0.05) is 68.1 Å². The number of carbonyl (C=O) groups is 1. The SMILES string of the molecule is Cn1cc2ccc(C(=O)N[C@H]3CC[C@](F)(CCN4CCc5ccc(OCC(F)(F)F)nc5CC4)CC3)cc2n1. The molecule has 3 heterocycles. The summed E-state index contributed by atoms with van der Waals surface area (Å²) in [6.07, 6.45) is 1.15. The van der Waals surface area contributed by atoms with Gasteiger partial charge in [-0.15, -0.1) is 0 Å². The van der Waals surface area contributed by atoms with Crippen molar-refractivity contribution < 1.29 is 27.1 Å². The number of aromatic nitrogens is 3. The Morgan fingerprint density at radius 1 is 1.15 bits per heavy atom. The highest BCUT2D eigenvalue weighted by Crippen LogP contribution is 2.35. The van der Waals surface area contributed by atoms with Crippen LogP contribution < -0.4 is 10.1 Å². The fourth-order valence-corrected chi connectivity index (χ4v) is 5.51.